The zero-order chi connectivity index (χ0) is 9.84. The lowest BCUT2D eigenvalue weighted by Gasteiger charge is -2.12. The van der Waals surface area contributed by atoms with E-state index in [1.54, 1.807) is 19.2 Å². The fraction of sp³-hybridized carbons (Fsp3) is 0.333. The number of rotatable bonds is 3. The van der Waals surface area contributed by atoms with Crippen LogP contribution in [0.2, 0.25) is 0 Å². The highest BCUT2D eigenvalue weighted by atomic mass is 79.9. The van der Waals surface area contributed by atoms with Gasteiger partial charge in [0.15, 0.2) is 0 Å². The van der Waals surface area contributed by atoms with Crippen molar-refractivity contribution in [2.45, 2.75) is 6.10 Å². The van der Waals surface area contributed by atoms with E-state index >= 15 is 0 Å². The van der Waals surface area contributed by atoms with E-state index in [1.165, 1.54) is 0 Å². The van der Waals surface area contributed by atoms with Crippen LogP contribution >= 0.6 is 15.9 Å². The number of hydrogen-bond donors (Lipinski definition) is 2. The number of ether oxygens (including phenoxy) is 1. The highest BCUT2D eigenvalue weighted by Crippen LogP contribution is 2.27. The maximum atomic E-state index is 9.51. The number of aliphatic hydroxyl groups is 1. The quantitative estimate of drug-likeness (QED) is 0.848. The molecular formula is C9H12BrNO2. The number of benzene rings is 1. The Morgan fingerprint density at radius 2 is 2.31 bits per heavy atom. The molecule has 0 bridgehead atoms. The zero-order valence-corrected chi connectivity index (χ0v) is 8.91. The van der Waals surface area contributed by atoms with Gasteiger partial charge in [-0.1, -0.05) is 22.0 Å². The van der Waals surface area contributed by atoms with Crippen LogP contribution in [0.4, 0.5) is 0 Å². The number of methoxy groups -OCH3 is 1. The van der Waals surface area contributed by atoms with Gasteiger partial charge in [-0.2, -0.15) is 0 Å². The Labute approximate surface area is 85.6 Å². The second-order valence-electron chi connectivity index (χ2n) is 2.64. The number of hydrogen-bond acceptors (Lipinski definition) is 3. The fourth-order valence-electron chi connectivity index (χ4n) is 1.09. The minimum atomic E-state index is -0.664. The molecule has 1 atom stereocenters. The van der Waals surface area contributed by atoms with Gasteiger partial charge in [-0.05, 0) is 12.1 Å². The first kappa shape index (κ1) is 10.5. The third kappa shape index (κ3) is 2.43. The maximum Gasteiger partial charge on any atom is 0.125 e. The van der Waals surface area contributed by atoms with Gasteiger partial charge in [-0.15, -0.1) is 0 Å². The first-order valence-electron chi connectivity index (χ1n) is 3.90. The van der Waals surface area contributed by atoms with Crippen molar-refractivity contribution in [1.29, 1.82) is 0 Å². The van der Waals surface area contributed by atoms with Gasteiger partial charge in [0.05, 0.1) is 13.2 Å². The van der Waals surface area contributed by atoms with Crippen molar-refractivity contribution in [3.8, 4) is 5.75 Å². The number of aliphatic hydroxyl groups excluding tert-OH is 1. The van der Waals surface area contributed by atoms with Crippen LogP contribution in [0.15, 0.2) is 22.7 Å². The molecular weight excluding hydrogens is 234 g/mol. The Hall–Kier alpha value is -0.580. The molecule has 0 radical (unpaired) electrons. The third-order valence-corrected chi connectivity index (χ3v) is 2.27. The molecule has 0 heterocycles. The summed E-state index contributed by atoms with van der Waals surface area (Å²) < 4.78 is 6.02. The van der Waals surface area contributed by atoms with Crippen molar-refractivity contribution in [2.24, 2.45) is 5.73 Å². The molecule has 0 saturated heterocycles. The maximum absolute atomic E-state index is 9.51. The lowest BCUT2D eigenvalue weighted by molar-refractivity contribution is 0.182. The van der Waals surface area contributed by atoms with Crippen LogP contribution in [0.25, 0.3) is 0 Å². The minimum absolute atomic E-state index is 0.192. The molecule has 3 nitrogen and oxygen atoms in total. The summed E-state index contributed by atoms with van der Waals surface area (Å²) in [5, 5.41) is 9.51. The van der Waals surface area contributed by atoms with Crippen molar-refractivity contribution < 1.29 is 9.84 Å². The van der Waals surface area contributed by atoms with E-state index in [0.29, 0.717) is 11.3 Å². The number of halogens is 1. The van der Waals surface area contributed by atoms with Crippen LogP contribution in [-0.2, 0) is 0 Å². The third-order valence-electron chi connectivity index (χ3n) is 1.78. The fourth-order valence-corrected chi connectivity index (χ4v) is 1.43. The van der Waals surface area contributed by atoms with Crippen molar-refractivity contribution in [3.05, 3.63) is 28.2 Å². The molecule has 1 aromatic rings. The molecule has 1 rings (SSSR count). The monoisotopic (exact) mass is 245 g/mol. The molecule has 0 spiro atoms. The Morgan fingerprint density at radius 1 is 1.62 bits per heavy atom. The van der Waals surface area contributed by atoms with Crippen LogP contribution in [0.5, 0.6) is 5.75 Å². The molecule has 4 heteroatoms. The molecule has 13 heavy (non-hydrogen) atoms. The van der Waals surface area contributed by atoms with E-state index in [1.807, 2.05) is 6.07 Å². The average Bonchev–Trinajstić information content (AvgIpc) is 2.16. The zero-order valence-electron chi connectivity index (χ0n) is 7.33. The second kappa shape index (κ2) is 4.60. The van der Waals surface area contributed by atoms with Crippen molar-refractivity contribution >= 4 is 15.9 Å². The van der Waals surface area contributed by atoms with Gasteiger partial charge in [-0.3, -0.25) is 0 Å². The Kier molecular flexibility index (Phi) is 3.71. The van der Waals surface area contributed by atoms with Gasteiger partial charge in [0, 0.05) is 16.6 Å². The van der Waals surface area contributed by atoms with Crippen LogP contribution in [-0.4, -0.2) is 18.8 Å². The number of nitrogens with two attached hydrogens (primary N) is 1. The molecule has 0 unspecified atom stereocenters. The summed E-state index contributed by atoms with van der Waals surface area (Å²) in [6.45, 7) is 0.192. The normalized spacial score (nSPS) is 12.6. The van der Waals surface area contributed by atoms with Crippen molar-refractivity contribution in [1.82, 2.24) is 0 Å². The van der Waals surface area contributed by atoms with Crippen LogP contribution in [0.3, 0.4) is 0 Å². The first-order valence-corrected chi connectivity index (χ1v) is 4.70. The lowest BCUT2D eigenvalue weighted by Crippen LogP contribution is -2.12. The van der Waals surface area contributed by atoms with Crippen LogP contribution in [0.1, 0.15) is 11.7 Å². The molecule has 0 amide bonds. The first-order chi connectivity index (χ1) is 6.19. The standard InChI is InChI=1S/C9H12BrNO2/c1-13-9-4-6(10)2-3-7(9)8(12)5-11/h2-4,8,12H,5,11H2,1H3/t8-/m0/s1. The molecule has 72 valence electrons. The topological polar surface area (TPSA) is 55.5 Å². The largest absolute Gasteiger partial charge is 0.496 e. The van der Waals surface area contributed by atoms with Gasteiger partial charge in [0.1, 0.15) is 5.75 Å². The predicted molar refractivity (Wildman–Crippen MR) is 54.7 cm³/mol. The van der Waals surface area contributed by atoms with E-state index in [0.717, 1.165) is 4.47 Å². The lowest BCUT2D eigenvalue weighted by atomic mass is 10.1. The Bertz CT molecular complexity index is 291. The molecule has 3 N–H and O–H groups in total. The van der Waals surface area contributed by atoms with Crippen LogP contribution in [0, 0.1) is 0 Å². The summed E-state index contributed by atoms with van der Waals surface area (Å²) >= 11 is 3.32. The van der Waals surface area contributed by atoms with Gasteiger partial charge in [-0.25, -0.2) is 0 Å². The van der Waals surface area contributed by atoms with Crippen molar-refractivity contribution in [2.75, 3.05) is 13.7 Å². The predicted octanol–water partition coefficient (Wildman–Crippen LogP) is 1.45. The highest BCUT2D eigenvalue weighted by molar-refractivity contribution is 9.10. The summed E-state index contributed by atoms with van der Waals surface area (Å²) in [5.74, 6) is 0.646. The summed E-state index contributed by atoms with van der Waals surface area (Å²) in [5.41, 5.74) is 6.06. The van der Waals surface area contributed by atoms with Gasteiger partial charge < -0.3 is 15.6 Å². The Balaban J connectivity index is 3.05. The summed E-state index contributed by atoms with van der Waals surface area (Å²) in [6.07, 6.45) is -0.664. The van der Waals surface area contributed by atoms with E-state index in [4.69, 9.17) is 10.5 Å². The Morgan fingerprint density at radius 3 is 2.85 bits per heavy atom. The SMILES string of the molecule is COc1cc(Br)ccc1[C@@H](O)CN. The van der Waals surface area contributed by atoms with Gasteiger partial charge >= 0.3 is 0 Å². The molecule has 0 saturated carbocycles. The molecule has 0 aliphatic carbocycles. The van der Waals surface area contributed by atoms with Gasteiger partial charge in [0.25, 0.3) is 0 Å². The smallest absolute Gasteiger partial charge is 0.125 e. The summed E-state index contributed by atoms with van der Waals surface area (Å²) in [6, 6.07) is 5.44. The van der Waals surface area contributed by atoms with E-state index in [-0.39, 0.29) is 6.54 Å². The van der Waals surface area contributed by atoms with Crippen molar-refractivity contribution in [3.63, 3.8) is 0 Å². The molecule has 0 aliphatic rings. The molecule has 0 aliphatic heterocycles. The van der Waals surface area contributed by atoms with E-state index in [2.05, 4.69) is 15.9 Å². The summed E-state index contributed by atoms with van der Waals surface area (Å²) in [7, 11) is 1.56. The second-order valence-corrected chi connectivity index (χ2v) is 3.55. The minimum Gasteiger partial charge on any atom is -0.496 e. The average molecular weight is 246 g/mol. The molecule has 0 aromatic heterocycles. The van der Waals surface area contributed by atoms with Gasteiger partial charge in [0.2, 0.25) is 0 Å². The van der Waals surface area contributed by atoms with E-state index in [9.17, 15) is 5.11 Å². The van der Waals surface area contributed by atoms with E-state index < -0.39 is 6.10 Å². The molecule has 1 aromatic carbocycles. The highest BCUT2D eigenvalue weighted by Gasteiger charge is 2.11. The van der Waals surface area contributed by atoms with Crippen LogP contribution < -0.4 is 10.5 Å². The molecule has 0 fully saturated rings. The summed E-state index contributed by atoms with van der Waals surface area (Å²) in [4.78, 5) is 0.